The van der Waals surface area contributed by atoms with Crippen molar-refractivity contribution >= 4 is 22.5 Å². The molecule has 1 fully saturated rings. The standard InChI is InChI=1S/C16H21N3O2/c1-2-6-19-7-5-11-8-12(3-4-15(11)19)18-16(21)14-9-13(20)10-17-14/h3-5,7-8,13-14,17,20H,2,6,9-10H2,1H3,(H,18,21). The average molecular weight is 287 g/mol. The minimum absolute atomic E-state index is 0.0844. The first-order valence-electron chi connectivity index (χ1n) is 7.48. The molecule has 1 aliphatic heterocycles. The summed E-state index contributed by atoms with van der Waals surface area (Å²) in [6.45, 7) is 3.64. The Bertz CT molecular complexity index is 650. The quantitative estimate of drug-likeness (QED) is 0.802. The van der Waals surface area contributed by atoms with Crippen LogP contribution in [0, 0.1) is 0 Å². The van der Waals surface area contributed by atoms with Gasteiger partial charge in [-0.25, -0.2) is 0 Å². The van der Waals surface area contributed by atoms with Gasteiger partial charge in [-0.15, -0.1) is 0 Å². The van der Waals surface area contributed by atoms with E-state index in [9.17, 15) is 9.90 Å². The molecule has 3 N–H and O–H groups in total. The number of hydrogen-bond donors (Lipinski definition) is 3. The Morgan fingerprint density at radius 3 is 3.05 bits per heavy atom. The van der Waals surface area contributed by atoms with Gasteiger partial charge in [-0.3, -0.25) is 4.79 Å². The highest BCUT2D eigenvalue weighted by atomic mass is 16.3. The van der Waals surface area contributed by atoms with E-state index in [1.54, 1.807) is 0 Å². The molecular weight excluding hydrogens is 266 g/mol. The third-order valence-corrected chi connectivity index (χ3v) is 3.93. The SMILES string of the molecule is CCCn1ccc2cc(NC(=O)C3CC(O)CN3)ccc21. The van der Waals surface area contributed by atoms with Gasteiger partial charge in [-0.05, 0) is 37.1 Å². The van der Waals surface area contributed by atoms with Crippen LogP contribution < -0.4 is 10.6 Å². The number of fused-ring (bicyclic) bond motifs is 1. The van der Waals surface area contributed by atoms with Gasteiger partial charge in [-0.2, -0.15) is 0 Å². The van der Waals surface area contributed by atoms with Crippen molar-refractivity contribution < 1.29 is 9.90 Å². The van der Waals surface area contributed by atoms with Crippen LogP contribution >= 0.6 is 0 Å². The minimum atomic E-state index is -0.425. The van der Waals surface area contributed by atoms with Crippen LogP contribution in [0.15, 0.2) is 30.5 Å². The van der Waals surface area contributed by atoms with Crippen molar-refractivity contribution in [3.63, 3.8) is 0 Å². The maximum atomic E-state index is 12.1. The number of carbonyl (C=O) groups excluding carboxylic acids is 1. The fraction of sp³-hybridized carbons (Fsp3) is 0.438. The summed E-state index contributed by atoms with van der Waals surface area (Å²) in [6, 6.07) is 7.72. The molecule has 112 valence electrons. The first kappa shape index (κ1) is 14.1. The molecule has 1 aromatic heterocycles. The monoisotopic (exact) mass is 287 g/mol. The normalized spacial score (nSPS) is 21.8. The molecule has 3 rings (SSSR count). The number of rotatable bonds is 4. The van der Waals surface area contributed by atoms with Crippen molar-refractivity contribution in [1.82, 2.24) is 9.88 Å². The second kappa shape index (κ2) is 5.87. The van der Waals surface area contributed by atoms with E-state index in [-0.39, 0.29) is 11.9 Å². The molecule has 2 aromatic rings. The summed E-state index contributed by atoms with van der Waals surface area (Å²) in [4.78, 5) is 12.1. The van der Waals surface area contributed by atoms with Crippen molar-refractivity contribution in [2.45, 2.75) is 38.5 Å². The molecule has 0 spiro atoms. The number of β-amino-alcohol motifs (C(OH)–C–C–N with tert-alkyl or cyclic N) is 1. The molecule has 0 bridgehead atoms. The van der Waals surface area contributed by atoms with Crippen molar-refractivity contribution in [2.24, 2.45) is 0 Å². The summed E-state index contributed by atoms with van der Waals surface area (Å²) >= 11 is 0. The second-order valence-electron chi connectivity index (χ2n) is 5.62. The molecule has 2 unspecified atom stereocenters. The van der Waals surface area contributed by atoms with E-state index in [0.29, 0.717) is 13.0 Å². The Morgan fingerprint density at radius 1 is 1.48 bits per heavy atom. The fourth-order valence-electron chi connectivity index (χ4n) is 2.86. The number of nitrogens with one attached hydrogen (secondary N) is 2. The molecule has 1 amide bonds. The van der Waals surface area contributed by atoms with Gasteiger partial charge in [0.05, 0.1) is 12.1 Å². The number of carbonyl (C=O) groups is 1. The van der Waals surface area contributed by atoms with Gasteiger partial charge in [0.15, 0.2) is 0 Å². The smallest absolute Gasteiger partial charge is 0.241 e. The largest absolute Gasteiger partial charge is 0.392 e. The van der Waals surface area contributed by atoms with Crippen molar-refractivity contribution in [3.8, 4) is 0 Å². The minimum Gasteiger partial charge on any atom is -0.392 e. The molecule has 5 heteroatoms. The van der Waals surface area contributed by atoms with Crippen LogP contribution in [0.1, 0.15) is 19.8 Å². The number of benzene rings is 1. The van der Waals surface area contributed by atoms with Crippen LogP contribution in [0.25, 0.3) is 10.9 Å². The third kappa shape index (κ3) is 2.94. The van der Waals surface area contributed by atoms with Crippen LogP contribution in [0.2, 0.25) is 0 Å². The zero-order chi connectivity index (χ0) is 14.8. The topological polar surface area (TPSA) is 66.3 Å². The highest BCUT2D eigenvalue weighted by molar-refractivity contribution is 5.97. The van der Waals surface area contributed by atoms with Crippen LogP contribution in [0.5, 0.6) is 0 Å². The number of aliphatic hydroxyl groups excluding tert-OH is 1. The maximum absolute atomic E-state index is 12.1. The van der Waals surface area contributed by atoms with Gasteiger partial charge >= 0.3 is 0 Å². The van der Waals surface area contributed by atoms with E-state index < -0.39 is 6.10 Å². The summed E-state index contributed by atoms with van der Waals surface area (Å²) in [5.74, 6) is -0.0844. The molecule has 21 heavy (non-hydrogen) atoms. The van der Waals surface area contributed by atoms with E-state index in [1.807, 2.05) is 18.2 Å². The van der Waals surface area contributed by atoms with Crippen molar-refractivity contribution in [1.29, 1.82) is 0 Å². The third-order valence-electron chi connectivity index (χ3n) is 3.93. The highest BCUT2D eigenvalue weighted by Crippen LogP contribution is 2.21. The van der Waals surface area contributed by atoms with Crippen LogP contribution in [-0.4, -0.2) is 34.3 Å². The molecule has 1 aromatic carbocycles. The van der Waals surface area contributed by atoms with Crippen molar-refractivity contribution in [2.75, 3.05) is 11.9 Å². The molecule has 1 aliphatic rings. The number of aromatic nitrogens is 1. The predicted octanol–water partition coefficient (Wildman–Crippen LogP) is 1.71. The number of nitrogens with zero attached hydrogens (tertiary/aromatic N) is 1. The lowest BCUT2D eigenvalue weighted by Crippen LogP contribution is -2.35. The van der Waals surface area contributed by atoms with E-state index >= 15 is 0 Å². The summed E-state index contributed by atoms with van der Waals surface area (Å²) in [7, 11) is 0. The summed E-state index contributed by atoms with van der Waals surface area (Å²) in [5.41, 5.74) is 1.98. The molecule has 0 aliphatic carbocycles. The molecule has 2 atom stereocenters. The Labute approximate surface area is 124 Å². The summed E-state index contributed by atoms with van der Waals surface area (Å²) in [5, 5.41) is 16.5. The molecule has 2 heterocycles. The Morgan fingerprint density at radius 2 is 2.33 bits per heavy atom. The Kier molecular flexibility index (Phi) is 3.94. The highest BCUT2D eigenvalue weighted by Gasteiger charge is 2.27. The summed E-state index contributed by atoms with van der Waals surface area (Å²) < 4.78 is 2.22. The summed E-state index contributed by atoms with van der Waals surface area (Å²) in [6.07, 6.45) is 3.22. The van der Waals surface area contributed by atoms with Crippen molar-refractivity contribution in [3.05, 3.63) is 30.5 Å². The van der Waals surface area contributed by atoms with Gasteiger partial charge in [0, 0.05) is 35.9 Å². The Hall–Kier alpha value is -1.85. The first-order valence-corrected chi connectivity index (χ1v) is 7.48. The van der Waals surface area contributed by atoms with Gasteiger partial charge < -0.3 is 20.3 Å². The number of aliphatic hydroxyl groups is 1. The lowest BCUT2D eigenvalue weighted by Gasteiger charge is -2.11. The lowest BCUT2D eigenvalue weighted by molar-refractivity contribution is -0.117. The molecule has 5 nitrogen and oxygen atoms in total. The Balaban J connectivity index is 1.74. The molecule has 0 radical (unpaired) electrons. The number of aryl methyl sites for hydroxylation is 1. The molecule has 1 saturated heterocycles. The second-order valence-corrected chi connectivity index (χ2v) is 5.62. The van der Waals surface area contributed by atoms with E-state index in [0.717, 1.165) is 24.0 Å². The number of amides is 1. The predicted molar refractivity (Wildman–Crippen MR) is 83.3 cm³/mol. The van der Waals surface area contributed by atoms with Gasteiger partial charge in [-0.1, -0.05) is 6.92 Å². The lowest BCUT2D eigenvalue weighted by atomic mass is 10.2. The van der Waals surface area contributed by atoms with Crippen LogP contribution in [0.4, 0.5) is 5.69 Å². The maximum Gasteiger partial charge on any atom is 0.241 e. The van der Waals surface area contributed by atoms with E-state index in [2.05, 4.69) is 34.4 Å². The molecular formula is C16H21N3O2. The van der Waals surface area contributed by atoms with Gasteiger partial charge in [0.2, 0.25) is 5.91 Å². The number of hydrogen-bond acceptors (Lipinski definition) is 3. The molecule has 0 saturated carbocycles. The number of anilines is 1. The van der Waals surface area contributed by atoms with E-state index in [4.69, 9.17) is 0 Å². The van der Waals surface area contributed by atoms with Gasteiger partial charge in [0.25, 0.3) is 0 Å². The average Bonchev–Trinajstić information content (AvgIpc) is 3.06. The van der Waals surface area contributed by atoms with Crippen LogP contribution in [0.3, 0.4) is 0 Å². The van der Waals surface area contributed by atoms with E-state index in [1.165, 1.54) is 5.52 Å². The first-order chi connectivity index (χ1) is 10.2. The zero-order valence-corrected chi connectivity index (χ0v) is 12.2. The fourth-order valence-corrected chi connectivity index (χ4v) is 2.86. The van der Waals surface area contributed by atoms with Crippen LogP contribution in [-0.2, 0) is 11.3 Å². The zero-order valence-electron chi connectivity index (χ0n) is 12.2. The van der Waals surface area contributed by atoms with Gasteiger partial charge in [0.1, 0.15) is 0 Å².